The van der Waals surface area contributed by atoms with Gasteiger partial charge in [-0.05, 0) is 24.8 Å². The summed E-state index contributed by atoms with van der Waals surface area (Å²) in [7, 11) is 0. The van der Waals surface area contributed by atoms with Crippen LogP contribution in [-0.4, -0.2) is 35.5 Å². The molecule has 0 amide bonds. The monoisotopic (exact) mass is 339 g/mol. The van der Waals surface area contributed by atoms with Gasteiger partial charge in [0, 0.05) is 36.3 Å². The quantitative estimate of drug-likeness (QED) is 0.619. The maximum atomic E-state index is 6.13. The average molecular weight is 340 g/mol. The van der Waals surface area contributed by atoms with Crippen molar-refractivity contribution in [3.63, 3.8) is 0 Å². The van der Waals surface area contributed by atoms with Crippen molar-refractivity contribution in [2.24, 2.45) is 5.92 Å². The van der Waals surface area contributed by atoms with E-state index in [0.717, 1.165) is 29.1 Å². The highest BCUT2D eigenvalue weighted by Gasteiger charge is 2.21. The lowest BCUT2D eigenvalue weighted by Gasteiger charge is -2.05. The zero-order valence-electron chi connectivity index (χ0n) is 12.7. The molecule has 0 aliphatic heterocycles. The molecule has 24 heavy (non-hydrogen) atoms. The SMILES string of the molecule is Clc1cnc2ncc(-c3ccn4nc(NCC5CC5)ncc34)cn12. The van der Waals surface area contributed by atoms with Crippen molar-refractivity contribution < 1.29 is 0 Å². The molecule has 1 fully saturated rings. The Kier molecular flexibility index (Phi) is 2.96. The molecule has 4 heterocycles. The molecule has 8 heteroatoms. The van der Waals surface area contributed by atoms with Gasteiger partial charge in [-0.15, -0.1) is 5.10 Å². The van der Waals surface area contributed by atoms with Gasteiger partial charge in [-0.2, -0.15) is 0 Å². The van der Waals surface area contributed by atoms with E-state index in [4.69, 9.17) is 11.6 Å². The first-order valence-electron chi connectivity index (χ1n) is 7.85. The van der Waals surface area contributed by atoms with Gasteiger partial charge in [0.05, 0.1) is 17.9 Å². The van der Waals surface area contributed by atoms with Gasteiger partial charge >= 0.3 is 0 Å². The number of hydrogen-bond donors (Lipinski definition) is 1. The van der Waals surface area contributed by atoms with E-state index < -0.39 is 0 Å². The fourth-order valence-electron chi connectivity index (χ4n) is 2.77. The molecule has 1 N–H and O–H groups in total. The number of nitrogens with one attached hydrogen (secondary N) is 1. The molecule has 4 aromatic heterocycles. The van der Waals surface area contributed by atoms with Crippen molar-refractivity contribution in [1.29, 1.82) is 0 Å². The molecular formula is C16H14ClN7. The summed E-state index contributed by atoms with van der Waals surface area (Å²) in [4.78, 5) is 12.9. The Morgan fingerprint density at radius 3 is 2.92 bits per heavy atom. The molecule has 1 aliphatic rings. The van der Waals surface area contributed by atoms with Crippen LogP contribution >= 0.6 is 11.6 Å². The molecule has 0 radical (unpaired) electrons. The van der Waals surface area contributed by atoms with Crippen LogP contribution in [0.15, 0.2) is 37.1 Å². The van der Waals surface area contributed by atoms with Crippen LogP contribution in [0, 0.1) is 5.92 Å². The van der Waals surface area contributed by atoms with Gasteiger partial charge in [0.1, 0.15) is 5.15 Å². The summed E-state index contributed by atoms with van der Waals surface area (Å²) in [6.07, 6.45) is 11.7. The third kappa shape index (κ3) is 2.28. The van der Waals surface area contributed by atoms with E-state index in [1.165, 1.54) is 12.8 Å². The molecule has 0 aromatic carbocycles. The lowest BCUT2D eigenvalue weighted by Crippen LogP contribution is -2.08. The van der Waals surface area contributed by atoms with E-state index in [9.17, 15) is 0 Å². The minimum Gasteiger partial charge on any atom is -0.353 e. The Hall–Kier alpha value is -2.67. The smallest absolute Gasteiger partial charge is 0.241 e. The Balaban J connectivity index is 1.54. The highest BCUT2D eigenvalue weighted by molar-refractivity contribution is 6.29. The number of fused-ring (bicyclic) bond motifs is 2. The Labute approximate surface area is 142 Å². The van der Waals surface area contributed by atoms with E-state index in [1.807, 2.05) is 29.2 Å². The molecule has 0 bridgehead atoms. The average Bonchev–Trinajstić information content (AvgIpc) is 3.24. The molecule has 1 saturated carbocycles. The molecule has 0 unspecified atom stereocenters. The first-order chi connectivity index (χ1) is 11.8. The Morgan fingerprint density at radius 2 is 2.04 bits per heavy atom. The molecule has 0 atom stereocenters. The van der Waals surface area contributed by atoms with E-state index in [-0.39, 0.29) is 0 Å². The highest BCUT2D eigenvalue weighted by Crippen LogP contribution is 2.29. The largest absolute Gasteiger partial charge is 0.353 e. The van der Waals surface area contributed by atoms with Crippen LogP contribution in [0.4, 0.5) is 5.95 Å². The summed E-state index contributed by atoms with van der Waals surface area (Å²) in [5.74, 6) is 2.01. The van der Waals surface area contributed by atoms with Gasteiger partial charge in [0.15, 0.2) is 0 Å². The summed E-state index contributed by atoms with van der Waals surface area (Å²) < 4.78 is 3.59. The van der Waals surface area contributed by atoms with Crippen LogP contribution in [0.1, 0.15) is 12.8 Å². The van der Waals surface area contributed by atoms with Gasteiger partial charge in [0.25, 0.3) is 0 Å². The van der Waals surface area contributed by atoms with E-state index in [1.54, 1.807) is 16.8 Å². The van der Waals surface area contributed by atoms with Crippen molar-refractivity contribution in [2.75, 3.05) is 11.9 Å². The van der Waals surface area contributed by atoms with Crippen LogP contribution in [0.5, 0.6) is 0 Å². The van der Waals surface area contributed by atoms with Crippen LogP contribution in [-0.2, 0) is 0 Å². The zero-order chi connectivity index (χ0) is 16.1. The minimum absolute atomic E-state index is 0.533. The predicted molar refractivity (Wildman–Crippen MR) is 91.2 cm³/mol. The predicted octanol–water partition coefficient (Wildman–Crippen LogP) is 2.91. The zero-order valence-corrected chi connectivity index (χ0v) is 13.5. The topological polar surface area (TPSA) is 72.4 Å². The summed E-state index contributed by atoms with van der Waals surface area (Å²) in [6, 6.07) is 2.00. The number of nitrogens with zero attached hydrogens (tertiary/aromatic N) is 6. The van der Waals surface area contributed by atoms with Crippen molar-refractivity contribution in [1.82, 2.24) is 29.0 Å². The van der Waals surface area contributed by atoms with Crippen molar-refractivity contribution >= 4 is 28.8 Å². The number of anilines is 1. The third-order valence-electron chi connectivity index (χ3n) is 4.29. The molecular weight excluding hydrogens is 326 g/mol. The lowest BCUT2D eigenvalue weighted by atomic mass is 10.1. The number of halogens is 1. The van der Waals surface area contributed by atoms with Crippen LogP contribution in [0.3, 0.4) is 0 Å². The fourth-order valence-corrected chi connectivity index (χ4v) is 2.94. The Morgan fingerprint density at radius 1 is 1.17 bits per heavy atom. The summed E-state index contributed by atoms with van der Waals surface area (Å²) in [5, 5.41) is 8.34. The fraction of sp³-hybridized carbons (Fsp3) is 0.250. The molecule has 0 saturated heterocycles. The van der Waals surface area contributed by atoms with Crippen LogP contribution < -0.4 is 5.32 Å². The normalized spacial score (nSPS) is 14.5. The second kappa shape index (κ2) is 5.17. The highest BCUT2D eigenvalue weighted by atomic mass is 35.5. The summed E-state index contributed by atoms with van der Waals surface area (Å²) in [6.45, 7) is 0.944. The Bertz CT molecular complexity index is 1050. The van der Waals surface area contributed by atoms with Gasteiger partial charge in [-0.3, -0.25) is 4.40 Å². The summed E-state index contributed by atoms with van der Waals surface area (Å²) >= 11 is 6.13. The van der Waals surface area contributed by atoms with Gasteiger partial charge in [0.2, 0.25) is 11.7 Å². The van der Waals surface area contributed by atoms with Crippen molar-refractivity contribution in [2.45, 2.75) is 12.8 Å². The number of imidazole rings is 1. The maximum absolute atomic E-state index is 6.13. The van der Waals surface area contributed by atoms with Crippen LogP contribution in [0.25, 0.3) is 22.4 Å². The maximum Gasteiger partial charge on any atom is 0.241 e. The standard InChI is InChI=1S/C16H14ClN7/c17-14-8-21-16-20-6-11(9-23(14)16)12-3-4-24-13(12)7-19-15(22-24)18-5-10-1-2-10/h3-4,6-10H,1-2,5H2,(H,18,22). The van der Waals surface area contributed by atoms with E-state index in [0.29, 0.717) is 16.9 Å². The summed E-state index contributed by atoms with van der Waals surface area (Å²) in [5.41, 5.74) is 2.86. The first kappa shape index (κ1) is 13.7. The number of rotatable bonds is 4. The molecule has 1 aliphatic carbocycles. The van der Waals surface area contributed by atoms with E-state index in [2.05, 4.69) is 25.4 Å². The number of aromatic nitrogens is 6. The number of hydrogen-bond acceptors (Lipinski definition) is 5. The van der Waals surface area contributed by atoms with Gasteiger partial charge in [-0.1, -0.05) is 11.6 Å². The van der Waals surface area contributed by atoms with Gasteiger partial charge in [-0.25, -0.2) is 19.5 Å². The third-order valence-corrected chi connectivity index (χ3v) is 4.57. The molecule has 7 nitrogen and oxygen atoms in total. The minimum atomic E-state index is 0.533. The second-order valence-corrected chi connectivity index (χ2v) is 6.45. The van der Waals surface area contributed by atoms with Gasteiger partial charge < -0.3 is 5.32 Å². The second-order valence-electron chi connectivity index (χ2n) is 6.06. The molecule has 120 valence electrons. The molecule has 5 rings (SSSR count). The first-order valence-corrected chi connectivity index (χ1v) is 8.23. The van der Waals surface area contributed by atoms with E-state index >= 15 is 0 Å². The molecule has 4 aromatic rings. The van der Waals surface area contributed by atoms with Crippen LogP contribution in [0.2, 0.25) is 5.15 Å². The lowest BCUT2D eigenvalue weighted by molar-refractivity contribution is 0.842. The van der Waals surface area contributed by atoms with Crippen molar-refractivity contribution in [3.05, 3.63) is 42.2 Å². The van der Waals surface area contributed by atoms with Crippen molar-refractivity contribution in [3.8, 4) is 11.1 Å². The molecule has 0 spiro atoms.